The Labute approximate surface area is 215 Å². The van der Waals surface area contributed by atoms with Crippen molar-refractivity contribution in [3.8, 4) is 0 Å². The van der Waals surface area contributed by atoms with Crippen LogP contribution in [0.4, 0.5) is 5.69 Å². The minimum absolute atomic E-state index is 0. The van der Waals surface area contributed by atoms with Crippen LogP contribution in [-0.2, 0) is 13.0 Å². The molecule has 0 bridgehead atoms. The van der Waals surface area contributed by atoms with E-state index in [0.717, 1.165) is 55.6 Å². The molecule has 33 heavy (non-hydrogen) atoms. The lowest BCUT2D eigenvalue weighted by molar-refractivity contribution is 0.0827. The molecule has 0 saturated carbocycles. The lowest BCUT2D eigenvalue weighted by atomic mass is 9.99. The molecular weight excluding hydrogens is 525 g/mol. The van der Waals surface area contributed by atoms with Crippen LogP contribution in [0.25, 0.3) is 0 Å². The molecule has 6 nitrogen and oxygen atoms in total. The van der Waals surface area contributed by atoms with Crippen LogP contribution >= 0.6 is 24.0 Å². The zero-order valence-corrected chi connectivity index (χ0v) is 22.6. The van der Waals surface area contributed by atoms with Gasteiger partial charge in [0.05, 0.1) is 0 Å². The second kappa shape index (κ2) is 13.4. The van der Waals surface area contributed by atoms with Gasteiger partial charge in [0.2, 0.25) is 0 Å². The number of halogens is 1. The number of anilines is 1. The van der Waals surface area contributed by atoms with Gasteiger partial charge in [0.15, 0.2) is 5.96 Å². The predicted octanol–water partition coefficient (Wildman–Crippen LogP) is 4.15. The highest BCUT2D eigenvalue weighted by Crippen LogP contribution is 2.23. The zero-order chi connectivity index (χ0) is 22.9. The Morgan fingerprint density at radius 3 is 2.39 bits per heavy atom. The lowest BCUT2D eigenvalue weighted by Gasteiger charge is -2.32. The number of guanidine groups is 1. The summed E-state index contributed by atoms with van der Waals surface area (Å²) in [6.07, 6.45) is 3.38. The number of aliphatic imine (C=N–C) groups is 1. The average molecular weight is 564 g/mol. The summed E-state index contributed by atoms with van der Waals surface area (Å²) in [5.41, 5.74) is 4.40. The maximum Gasteiger partial charge on any atom is 0.253 e. The van der Waals surface area contributed by atoms with Crippen molar-refractivity contribution in [2.24, 2.45) is 10.9 Å². The number of carbonyl (C=O) groups excluding carboxylic acids is 1. The molecular formula is C26H38IN5O. The SMILES string of the molecule is CN=C(NCCc1cccc(C(=O)N(C)C)c1)NCc1ccc(N2CCC(C)CC2)cc1.I. The van der Waals surface area contributed by atoms with E-state index in [9.17, 15) is 4.79 Å². The molecule has 0 unspecified atom stereocenters. The summed E-state index contributed by atoms with van der Waals surface area (Å²) < 4.78 is 0. The van der Waals surface area contributed by atoms with E-state index in [2.05, 4.69) is 57.8 Å². The third-order valence-corrected chi connectivity index (χ3v) is 6.05. The maximum atomic E-state index is 12.1. The zero-order valence-electron chi connectivity index (χ0n) is 20.3. The summed E-state index contributed by atoms with van der Waals surface area (Å²) in [4.78, 5) is 20.6. The third kappa shape index (κ3) is 8.21. The van der Waals surface area contributed by atoms with Crippen molar-refractivity contribution in [1.29, 1.82) is 0 Å². The summed E-state index contributed by atoms with van der Waals surface area (Å²) >= 11 is 0. The van der Waals surface area contributed by atoms with Crippen molar-refractivity contribution in [1.82, 2.24) is 15.5 Å². The van der Waals surface area contributed by atoms with Gasteiger partial charge < -0.3 is 20.4 Å². The standard InChI is InChI=1S/C26H37N5O.HI/c1-20-13-16-31(17-14-20)24-10-8-22(9-11-24)19-29-26(27-2)28-15-12-21-6-5-7-23(18-21)25(32)30(3)4;/h5-11,18,20H,12-17,19H2,1-4H3,(H2,27,28,29);1H. The van der Waals surface area contributed by atoms with E-state index in [4.69, 9.17) is 0 Å². The Hall–Kier alpha value is -2.29. The number of carbonyl (C=O) groups is 1. The monoisotopic (exact) mass is 563 g/mol. The quantitative estimate of drug-likeness (QED) is 0.302. The number of hydrogen-bond acceptors (Lipinski definition) is 3. The van der Waals surface area contributed by atoms with Crippen molar-refractivity contribution >= 4 is 41.5 Å². The molecule has 1 heterocycles. The van der Waals surface area contributed by atoms with Crippen LogP contribution in [0.3, 0.4) is 0 Å². The van der Waals surface area contributed by atoms with Gasteiger partial charge in [-0.25, -0.2) is 0 Å². The molecule has 1 amide bonds. The molecule has 1 saturated heterocycles. The van der Waals surface area contributed by atoms with Crippen molar-refractivity contribution in [3.63, 3.8) is 0 Å². The third-order valence-electron chi connectivity index (χ3n) is 6.05. The Kier molecular flexibility index (Phi) is 11.0. The normalized spacial score (nSPS) is 14.4. The Balaban J connectivity index is 0.00000385. The van der Waals surface area contributed by atoms with E-state index in [1.165, 1.54) is 24.1 Å². The molecule has 0 atom stereocenters. The Morgan fingerprint density at radius 2 is 1.76 bits per heavy atom. The molecule has 7 heteroatoms. The number of amides is 1. The molecule has 1 aliphatic heterocycles. The highest BCUT2D eigenvalue weighted by Gasteiger charge is 2.15. The van der Waals surface area contributed by atoms with Gasteiger partial charge in [-0.05, 0) is 60.6 Å². The van der Waals surface area contributed by atoms with Crippen LogP contribution in [0.1, 0.15) is 41.3 Å². The number of piperidine rings is 1. The Bertz CT molecular complexity index is 905. The molecule has 1 aliphatic rings. The average Bonchev–Trinajstić information content (AvgIpc) is 2.82. The number of hydrogen-bond donors (Lipinski definition) is 2. The summed E-state index contributed by atoms with van der Waals surface area (Å²) in [6, 6.07) is 16.7. The van der Waals surface area contributed by atoms with Gasteiger partial charge >= 0.3 is 0 Å². The number of nitrogens with zero attached hydrogens (tertiary/aromatic N) is 3. The van der Waals surface area contributed by atoms with E-state index in [1.807, 2.05) is 18.2 Å². The van der Waals surface area contributed by atoms with E-state index in [0.29, 0.717) is 0 Å². The topological polar surface area (TPSA) is 60.0 Å². The van der Waals surface area contributed by atoms with E-state index in [-0.39, 0.29) is 29.9 Å². The molecule has 3 rings (SSSR count). The van der Waals surface area contributed by atoms with Crippen LogP contribution < -0.4 is 15.5 Å². The second-order valence-corrected chi connectivity index (χ2v) is 8.84. The second-order valence-electron chi connectivity index (χ2n) is 8.84. The van der Waals surface area contributed by atoms with Gasteiger partial charge in [-0.3, -0.25) is 9.79 Å². The first-order valence-electron chi connectivity index (χ1n) is 11.5. The summed E-state index contributed by atoms with van der Waals surface area (Å²) in [5, 5.41) is 6.75. The van der Waals surface area contributed by atoms with Crippen LogP contribution in [0.5, 0.6) is 0 Å². The first-order valence-corrected chi connectivity index (χ1v) is 11.5. The first-order chi connectivity index (χ1) is 15.5. The molecule has 0 radical (unpaired) electrons. The maximum absolute atomic E-state index is 12.1. The molecule has 0 spiro atoms. The highest BCUT2D eigenvalue weighted by molar-refractivity contribution is 14.0. The van der Waals surface area contributed by atoms with Gasteiger partial charge in [0, 0.05) is 58.6 Å². The van der Waals surface area contributed by atoms with Gasteiger partial charge in [-0.15, -0.1) is 24.0 Å². The van der Waals surface area contributed by atoms with Crippen LogP contribution in [0.15, 0.2) is 53.5 Å². The predicted molar refractivity (Wildman–Crippen MR) is 149 cm³/mol. The molecule has 0 aromatic heterocycles. The van der Waals surface area contributed by atoms with Gasteiger partial charge in [-0.2, -0.15) is 0 Å². The largest absolute Gasteiger partial charge is 0.372 e. The minimum atomic E-state index is 0. The van der Waals surface area contributed by atoms with Gasteiger partial charge in [0.1, 0.15) is 0 Å². The Morgan fingerprint density at radius 1 is 1.06 bits per heavy atom. The number of nitrogens with one attached hydrogen (secondary N) is 2. The fraction of sp³-hybridized carbons (Fsp3) is 0.462. The summed E-state index contributed by atoms with van der Waals surface area (Å²) in [5.74, 6) is 1.65. The molecule has 180 valence electrons. The van der Waals surface area contributed by atoms with Crippen molar-refractivity contribution in [2.45, 2.75) is 32.7 Å². The number of benzene rings is 2. The van der Waals surface area contributed by atoms with Crippen molar-refractivity contribution in [2.75, 3.05) is 45.7 Å². The lowest BCUT2D eigenvalue weighted by Crippen LogP contribution is -2.37. The molecule has 2 N–H and O–H groups in total. The molecule has 2 aromatic carbocycles. The fourth-order valence-corrected chi connectivity index (χ4v) is 3.94. The highest BCUT2D eigenvalue weighted by atomic mass is 127. The van der Waals surface area contributed by atoms with Crippen LogP contribution in [-0.4, -0.2) is 57.5 Å². The first kappa shape index (κ1) is 27.0. The fourth-order valence-electron chi connectivity index (χ4n) is 3.94. The van der Waals surface area contributed by atoms with Gasteiger partial charge in [0.25, 0.3) is 5.91 Å². The van der Waals surface area contributed by atoms with Crippen LogP contribution in [0.2, 0.25) is 0 Å². The number of rotatable bonds is 7. The van der Waals surface area contributed by atoms with Crippen LogP contribution in [0, 0.1) is 5.92 Å². The van der Waals surface area contributed by atoms with E-state index >= 15 is 0 Å². The molecule has 1 fully saturated rings. The van der Waals surface area contributed by atoms with Crippen molar-refractivity contribution < 1.29 is 4.79 Å². The summed E-state index contributed by atoms with van der Waals surface area (Å²) in [7, 11) is 5.33. The minimum Gasteiger partial charge on any atom is -0.372 e. The smallest absolute Gasteiger partial charge is 0.253 e. The summed E-state index contributed by atoms with van der Waals surface area (Å²) in [6.45, 7) is 6.12. The van der Waals surface area contributed by atoms with E-state index < -0.39 is 0 Å². The van der Waals surface area contributed by atoms with Gasteiger partial charge in [-0.1, -0.05) is 31.2 Å². The molecule has 2 aromatic rings. The molecule has 0 aliphatic carbocycles. The van der Waals surface area contributed by atoms with Crippen molar-refractivity contribution in [3.05, 3.63) is 65.2 Å². The van der Waals surface area contributed by atoms with E-state index in [1.54, 1.807) is 26.0 Å².